The van der Waals surface area contributed by atoms with E-state index >= 15 is 0 Å². The van der Waals surface area contributed by atoms with Crippen molar-refractivity contribution >= 4 is 17.8 Å². The van der Waals surface area contributed by atoms with E-state index in [9.17, 15) is 14.4 Å². The number of amides is 1. The van der Waals surface area contributed by atoms with Crippen molar-refractivity contribution in [2.75, 3.05) is 0 Å². The lowest BCUT2D eigenvalue weighted by Crippen LogP contribution is -2.26. The topological polar surface area (TPSA) is 104 Å². The number of carboxylic acid groups (broad SMARTS) is 2. The zero-order valence-corrected chi connectivity index (χ0v) is 6.48. The predicted molar refractivity (Wildman–Crippen MR) is 41.7 cm³/mol. The van der Waals surface area contributed by atoms with E-state index in [1.807, 2.05) is 5.32 Å². The molecule has 0 fully saturated rings. The number of aliphatic carboxylic acids is 2. The first-order valence-corrected chi connectivity index (χ1v) is 3.08. The average molecular weight is 185 g/mol. The van der Waals surface area contributed by atoms with Crippen molar-refractivity contribution < 1.29 is 24.6 Å². The van der Waals surface area contributed by atoms with E-state index in [0.717, 1.165) is 6.08 Å². The minimum Gasteiger partial charge on any atom is -0.478 e. The minimum atomic E-state index is -1.53. The van der Waals surface area contributed by atoms with Gasteiger partial charge in [-0.2, -0.15) is 0 Å². The second-order valence-corrected chi connectivity index (χ2v) is 1.89. The fraction of sp³-hybridized carbons (Fsp3) is 0. The van der Waals surface area contributed by atoms with E-state index < -0.39 is 23.5 Å². The van der Waals surface area contributed by atoms with E-state index in [1.54, 1.807) is 0 Å². The molecular formula is C7H7NO5. The molecule has 0 rings (SSSR count). The van der Waals surface area contributed by atoms with E-state index in [2.05, 4.69) is 6.58 Å². The number of carbonyl (C=O) groups is 3. The zero-order valence-electron chi connectivity index (χ0n) is 6.48. The quantitative estimate of drug-likeness (QED) is 0.504. The van der Waals surface area contributed by atoms with Gasteiger partial charge >= 0.3 is 11.9 Å². The van der Waals surface area contributed by atoms with Gasteiger partial charge in [0, 0.05) is 0 Å². The van der Waals surface area contributed by atoms with Crippen LogP contribution in [0.3, 0.4) is 0 Å². The third kappa shape index (κ3) is 4.35. The molecule has 0 unspecified atom stereocenters. The molecule has 0 aromatic heterocycles. The fourth-order valence-electron chi connectivity index (χ4n) is 0.459. The highest BCUT2D eigenvalue weighted by atomic mass is 16.4. The maximum Gasteiger partial charge on any atom is 0.352 e. The van der Waals surface area contributed by atoms with Crippen molar-refractivity contribution in [1.29, 1.82) is 0 Å². The monoisotopic (exact) mass is 185 g/mol. The number of hydrogen-bond acceptors (Lipinski definition) is 3. The van der Waals surface area contributed by atoms with Crippen LogP contribution in [0, 0.1) is 0 Å². The Morgan fingerprint density at radius 3 is 2.08 bits per heavy atom. The van der Waals surface area contributed by atoms with Gasteiger partial charge in [0.05, 0.1) is 6.08 Å². The Hall–Kier alpha value is -2.11. The number of carbonyl (C=O) groups excluding carboxylic acids is 1. The standard InChI is InChI=1S/C7H7NO5/c1-2-5(9)8-4(7(12)13)3-6(10)11/h2-3H,1H2,(H,8,9)(H,10,11)(H,12,13)/b4-3+. The molecule has 0 saturated carbocycles. The molecule has 0 atom stereocenters. The summed E-state index contributed by atoms with van der Waals surface area (Å²) in [5.74, 6) is -3.77. The first-order valence-electron chi connectivity index (χ1n) is 3.08. The van der Waals surface area contributed by atoms with Crippen molar-refractivity contribution in [1.82, 2.24) is 5.32 Å². The van der Waals surface area contributed by atoms with E-state index in [-0.39, 0.29) is 0 Å². The Balaban J connectivity index is 4.63. The first-order chi connectivity index (χ1) is 5.97. The van der Waals surface area contributed by atoms with Crippen LogP contribution in [0.25, 0.3) is 0 Å². The molecule has 0 spiro atoms. The van der Waals surface area contributed by atoms with Crippen molar-refractivity contribution in [3.63, 3.8) is 0 Å². The Morgan fingerprint density at radius 1 is 1.23 bits per heavy atom. The summed E-state index contributed by atoms with van der Waals surface area (Å²) in [5, 5.41) is 18.4. The Labute approximate surface area is 73.2 Å². The highest BCUT2D eigenvalue weighted by Crippen LogP contribution is 1.89. The fourth-order valence-corrected chi connectivity index (χ4v) is 0.459. The van der Waals surface area contributed by atoms with Gasteiger partial charge in [-0.1, -0.05) is 6.58 Å². The molecule has 0 aliphatic carbocycles. The Bertz CT molecular complexity index is 291. The van der Waals surface area contributed by atoms with Gasteiger partial charge in [-0.25, -0.2) is 9.59 Å². The van der Waals surface area contributed by atoms with Crippen LogP contribution in [0.4, 0.5) is 0 Å². The molecule has 3 N–H and O–H groups in total. The molecule has 0 saturated heterocycles. The molecular weight excluding hydrogens is 178 g/mol. The van der Waals surface area contributed by atoms with Gasteiger partial charge in [0.2, 0.25) is 5.91 Å². The average Bonchev–Trinajstić information content (AvgIpc) is 2.02. The largest absolute Gasteiger partial charge is 0.478 e. The number of rotatable bonds is 4. The Morgan fingerprint density at radius 2 is 1.77 bits per heavy atom. The van der Waals surface area contributed by atoms with Gasteiger partial charge in [-0.05, 0) is 6.08 Å². The van der Waals surface area contributed by atoms with Gasteiger partial charge in [0.15, 0.2) is 0 Å². The van der Waals surface area contributed by atoms with Crippen LogP contribution in [-0.2, 0) is 14.4 Å². The van der Waals surface area contributed by atoms with Gasteiger partial charge in [-0.15, -0.1) is 0 Å². The Kier molecular flexibility index (Phi) is 3.94. The molecule has 0 aromatic carbocycles. The molecule has 6 nitrogen and oxygen atoms in total. The predicted octanol–water partition coefficient (Wildman–Crippen LogP) is -0.658. The lowest BCUT2D eigenvalue weighted by atomic mass is 10.4. The smallest absolute Gasteiger partial charge is 0.352 e. The zero-order chi connectivity index (χ0) is 10.4. The number of nitrogens with one attached hydrogen (secondary N) is 1. The lowest BCUT2D eigenvalue weighted by molar-refractivity contribution is -0.136. The van der Waals surface area contributed by atoms with Crippen LogP contribution in [0.2, 0.25) is 0 Å². The summed E-state index contributed by atoms with van der Waals surface area (Å²) in [6.07, 6.45) is 1.21. The molecule has 0 aromatic rings. The minimum absolute atomic E-state index is 0.379. The van der Waals surface area contributed by atoms with Crippen LogP contribution in [0.1, 0.15) is 0 Å². The summed E-state index contributed by atoms with van der Waals surface area (Å²) in [6, 6.07) is 0. The summed E-state index contributed by atoms with van der Waals surface area (Å²) < 4.78 is 0. The second kappa shape index (κ2) is 4.70. The van der Waals surface area contributed by atoms with Crippen LogP contribution >= 0.6 is 0 Å². The van der Waals surface area contributed by atoms with Crippen molar-refractivity contribution in [2.45, 2.75) is 0 Å². The van der Waals surface area contributed by atoms with Crippen LogP contribution in [0.15, 0.2) is 24.4 Å². The second-order valence-electron chi connectivity index (χ2n) is 1.89. The van der Waals surface area contributed by atoms with E-state index in [1.165, 1.54) is 0 Å². The normalized spacial score (nSPS) is 10.3. The summed E-state index contributed by atoms with van der Waals surface area (Å²) in [4.78, 5) is 31.0. The van der Waals surface area contributed by atoms with Crippen molar-refractivity contribution in [2.24, 2.45) is 0 Å². The molecule has 0 bridgehead atoms. The van der Waals surface area contributed by atoms with Crippen LogP contribution < -0.4 is 5.32 Å². The lowest BCUT2D eigenvalue weighted by Gasteiger charge is -2.00. The van der Waals surface area contributed by atoms with Gasteiger partial charge in [-0.3, -0.25) is 4.79 Å². The molecule has 0 aliphatic rings. The van der Waals surface area contributed by atoms with Gasteiger partial charge < -0.3 is 15.5 Å². The van der Waals surface area contributed by atoms with Crippen molar-refractivity contribution in [3.05, 3.63) is 24.4 Å². The van der Waals surface area contributed by atoms with Crippen LogP contribution in [0.5, 0.6) is 0 Å². The molecule has 70 valence electrons. The highest BCUT2D eigenvalue weighted by molar-refractivity contribution is 6.00. The molecule has 0 heterocycles. The SMILES string of the molecule is C=CC(=O)N/C(=C/C(=O)O)C(=O)O. The molecule has 6 heteroatoms. The third-order valence-electron chi connectivity index (χ3n) is 0.941. The summed E-state index contributed by atoms with van der Waals surface area (Å²) >= 11 is 0. The van der Waals surface area contributed by atoms with E-state index in [0.29, 0.717) is 6.08 Å². The van der Waals surface area contributed by atoms with Crippen molar-refractivity contribution in [3.8, 4) is 0 Å². The number of hydrogen-bond donors (Lipinski definition) is 3. The summed E-state index contributed by atoms with van der Waals surface area (Å²) in [6.45, 7) is 3.07. The first kappa shape index (κ1) is 10.9. The third-order valence-corrected chi connectivity index (χ3v) is 0.941. The van der Waals surface area contributed by atoms with E-state index in [4.69, 9.17) is 10.2 Å². The maximum atomic E-state index is 10.6. The summed E-state index contributed by atoms with van der Waals surface area (Å²) in [7, 11) is 0. The maximum absolute atomic E-state index is 10.6. The molecule has 1 amide bonds. The highest BCUT2D eigenvalue weighted by Gasteiger charge is 2.10. The summed E-state index contributed by atoms with van der Waals surface area (Å²) in [5.41, 5.74) is -0.711. The molecule has 0 radical (unpaired) electrons. The number of carboxylic acids is 2. The van der Waals surface area contributed by atoms with Crippen LogP contribution in [-0.4, -0.2) is 28.1 Å². The molecule has 13 heavy (non-hydrogen) atoms. The van der Waals surface area contributed by atoms with Gasteiger partial charge in [0.25, 0.3) is 0 Å². The molecule has 0 aliphatic heterocycles. The van der Waals surface area contributed by atoms with Gasteiger partial charge in [0.1, 0.15) is 5.70 Å².